The van der Waals surface area contributed by atoms with Crippen LogP contribution in [0.25, 0.3) is 0 Å². The van der Waals surface area contributed by atoms with E-state index in [4.69, 9.17) is 0 Å². The standard InChI is InChI=1S/C18H25N3O2/c1-12-16-14(3-2-4-15(16)22)19-17(12)18(23)21-9-7-20(8-10-21)11-13-5-6-13/h13,19H,2-11H2,1H3. The molecule has 1 saturated carbocycles. The molecule has 2 aliphatic carbocycles. The zero-order chi connectivity index (χ0) is 16.0. The lowest BCUT2D eigenvalue weighted by Gasteiger charge is -2.34. The van der Waals surface area contributed by atoms with E-state index in [-0.39, 0.29) is 11.7 Å². The molecule has 3 aliphatic rings. The highest BCUT2D eigenvalue weighted by atomic mass is 16.2. The number of aromatic nitrogens is 1. The number of piperazine rings is 1. The molecule has 0 radical (unpaired) electrons. The van der Waals surface area contributed by atoms with Gasteiger partial charge >= 0.3 is 0 Å². The zero-order valence-electron chi connectivity index (χ0n) is 13.9. The number of rotatable bonds is 3. The molecular formula is C18H25N3O2. The van der Waals surface area contributed by atoms with E-state index in [0.717, 1.165) is 61.8 Å². The SMILES string of the molecule is Cc1c(C(=O)N2CCN(CC3CC3)CC2)[nH]c2c1C(=O)CCC2. The summed E-state index contributed by atoms with van der Waals surface area (Å²) in [5, 5.41) is 0. The number of carbonyl (C=O) groups is 2. The third-order valence-electron chi connectivity index (χ3n) is 5.52. The molecule has 0 aromatic carbocycles. The van der Waals surface area contributed by atoms with Crippen molar-refractivity contribution in [2.75, 3.05) is 32.7 Å². The lowest BCUT2D eigenvalue weighted by molar-refractivity contribution is 0.0626. The molecule has 1 aromatic heterocycles. The van der Waals surface area contributed by atoms with E-state index < -0.39 is 0 Å². The van der Waals surface area contributed by atoms with Gasteiger partial charge in [0, 0.05) is 50.4 Å². The van der Waals surface area contributed by atoms with Gasteiger partial charge in [-0.2, -0.15) is 0 Å². The summed E-state index contributed by atoms with van der Waals surface area (Å²) in [6.07, 6.45) is 5.13. The first kappa shape index (κ1) is 14.9. The van der Waals surface area contributed by atoms with Gasteiger partial charge in [0.25, 0.3) is 5.91 Å². The number of Topliss-reactive ketones (excluding diaryl/α,β-unsaturated/α-hetero) is 1. The smallest absolute Gasteiger partial charge is 0.270 e. The summed E-state index contributed by atoms with van der Waals surface area (Å²) in [6.45, 7) is 6.65. The number of amides is 1. The second kappa shape index (κ2) is 5.78. The van der Waals surface area contributed by atoms with Crippen LogP contribution in [0.15, 0.2) is 0 Å². The van der Waals surface area contributed by atoms with Gasteiger partial charge in [-0.05, 0) is 44.1 Å². The molecule has 1 aromatic rings. The Morgan fingerprint density at radius 1 is 1.17 bits per heavy atom. The third kappa shape index (κ3) is 2.82. The molecule has 1 saturated heterocycles. The monoisotopic (exact) mass is 315 g/mol. The molecule has 1 amide bonds. The first-order valence-electron chi connectivity index (χ1n) is 8.89. The average Bonchev–Trinajstić information content (AvgIpc) is 3.30. The molecule has 5 heteroatoms. The number of H-pyrrole nitrogens is 1. The predicted molar refractivity (Wildman–Crippen MR) is 87.9 cm³/mol. The van der Waals surface area contributed by atoms with Crippen LogP contribution in [0.5, 0.6) is 0 Å². The predicted octanol–water partition coefficient (Wildman–Crippen LogP) is 2.01. The number of aromatic amines is 1. The molecule has 5 nitrogen and oxygen atoms in total. The minimum atomic E-state index is 0.0655. The second-order valence-electron chi connectivity index (χ2n) is 7.29. The Kier molecular flexibility index (Phi) is 3.76. The van der Waals surface area contributed by atoms with Crippen molar-refractivity contribution < 1.29 is 9.59 Å². The number of nitrogens with zero attached hydrogens (tertiary/aromatic N) is 2. The van der Waals surface area contributed by atoms with Crippen LogP contribution < -0.4 is 0 Å². The maximum Gasteiger partial charge on any atom is 0.270 e. The van der Waals surface area contributed by atoms with Crippen LogP contribution in [-0.2, 0) is 6.42 Å². The highest BCUT2D eigenvalue weighted by Gasteiger charge is 2.31. The average molecular weight is 315 g/mol. The van der Waals surface area contributed by atoms with E-state index in [0.29, 0.717) is 12.1 Å². The van der Waals surface area contributed by atoms with E-state index >= 15 is 0 Å². The van der Waals surface area contributed by atoms with Crippen LogP contribution >= 0.6 is 0 Å². The van der Waals surface area contributed by atoms with Gasteiger partial charge in [-0.15, -0.1) is 0 Å². The molecule has 0 spiro atoms. The van der Waals surface area contributed by atoms with Gasteiger partial charge in [-0.25, -0.2) is 0 Å². The number of carbonyl (C=O) groups excluding carboxylic acids is 2. The van der Waals surface area contributed by atoms with Gasteiger partial charge in [0.1, 0.15) is 5.69 Å². The highest BCUT2D eigenvalue weighted by molar-refractivity contribution is 6.04. The Labute approximate surface area is 137 Å². The summed E-state index contributed by atoms with van der Waals surface area (Å²) in [7, 11) is 0. The lowest BCUT2D eigenvalue weighted by Crippen LogP contribution is -2.49. The first-order chi connectivity index (χ1) is 11.1. The Balaban J connectivity index is 1.46. The number of fused-ring (bicyclic) bond motifs is 1. The number of hydrogen-bond donors (Lipinski definition) is 1. The number of nitrogens with one attached hydrogen (secondary N) is 1. The quantitative estimate of drug-likeness (QED) is 0.928. The maximum atomic E-state index is 12.9. The summed E-state index contributed by atoms with van der Waals surface area (Å²) in [6, 6.07) is 0. The molecule has 0 bridgehead atoms. The van der Waals surface area contributed by atoms with Gasteiger partial charge in [0.05, 0.1) is 0 Å². The van der Waals surface area contributed by atoms with E-state index in [1.807, 2.05) is 11.8 Å². The molecule has 1 N–H and O–H groups in total. The van der Waals surface area contributed by atoms with E-state index in [1.54, 1.807) is 0 Å². The number of aryl methyl sites for hydroxylation is 1. The van der Waals surface area contributed by atoms with E-state index in [2.05, 4.69) is 9.88 Å². The number of hydrogen-bond acceptors (Lipinski definition) is 3. The summed E-state index contributed by atoms with van der Waals surface area (Å²) in [5.74, 6) is 1.16. The Hall–Kier alpha value is -1.62. The second-order valence-corrected chi connectivity index (χ2v) is 7.29. The zero-order valence-corrected chi connectivity index (χ0v) is 13.9. The van der Waals surface area contributed by atoms with Gasteiger partial charge in [-0.1, -0.05) is 0 Å². The van der Waals surface area contributed by atoms with Crippen LogP contribution in [0.2, 0.25) is 0 Å². The summed E-state index contributed by atoms with van der Waals surface area (Å²) >= 11 is 0. The van der Waals surface area contributed by atoms with Crippen LogP contribution in [-0.4, -0.2) is 59.2 Å². The van der Waals surface area contributed by atoms with Gasteiger partial charge < -0.3 is 9.88 Å². The largest absolute Gasteiger partial charge is 0.354 e. The molecule has 124 valence electrons. The van der Waals surface area contributed by atoms with Crippen molar-refractivity contribution >= 4 is 11.7 Å². The van der Waals surface area contributed by atoms with Crippen molar-refractivity contribution in [3.8, 4) is 0 Å². The van der Waals surface area contributed by atoms with Crippen LogP contribution in [0, 0.1) is 12.8 Å². The lowest BCUT2D eigenvalue weighted by atomic mass is 9.93. The minimum Gasteiger partial charge on any atom is -0.354 e. The molecule has 2 fully saturated rings. The Morgan fingerprint density at radius 3 is 2.57 bits per heavy atom. The van der Waals surface area contributed by atoms with Gasteiger partial charge in [-0.3, -0.25) is 14.5 Å². The first-order valence-corrected chi connectivity index (χ1v) is 8.89. The van der Waals surface area contributed by atoms with Gasteiger partial charge in [0.2, 0.25) is 0 Å². The fourth-order valence-electron chi connectivity index (χ4n) is 3.95. The van der Waals surface area contributed by atoms with Crippen molar-refractivity contribution in [3.63, 3.8) is 0 Å². The summed E-state index contributed by atoms with van der Waals surface area (Å²) in [4.78, 5) is 32.7. The van der Waals surface area contributed by atoms with Crippen LogP contribution in [0.3, 0.4) is 0 Å². The van der Waals surface area contributed by atoms with Crippen molar-refractivity contribution in [2.45, 2.75) is 39.0 Å². The molecule has 0 unspecified atom stereocenters. The number of ketones is 1. The normalized spacial score (nSPS) is 22.3. The van der Waals surface area contributed by atoms with Crippen molar-refractivity contribution in [3.05, 3.63) is 22.5 Å². The Morgan fingerprint density at radius 2 is 1.91 bits per heavy atom. The van der Waals surface area contributed by atoms with E-state index in [9.17, 15) is 9.59 Å². The topological polar surface area (TPSA) is 56.4 Å². The van der Waals surface area contributed by atoms with Crippen LogP contribution in [0.4, 0.5) is 0 Å². The highest BCUT2D eigenvalue weighted by Crippen LogP contribution is 2.30. The molecule has 2 heterocycles. The molecule has 23 heavy (non-hydrogen) atoms. The minimum absolute atomic E-state index is 0.0655. The molecule has 4 rings (SSSR count). The third-order valence-corrected chi connectivity index (χ3v) is 5.52. The fraction of sp³-hybridized carbons (Fsp3) is 0.667. The van der Waals surface area contributed by atoms with Crippen molar-refractivity contribution in [1.29, 1.82) is 0 Å². The Bertz CT molecular complexity index is 637. The van der Waals surface area contributed by atoms with Crippen LogP contribution in [0.1, 0.15) is 57.8 Å². The fourth-order valence-corrected chi connectivity index (χ4v) is 3.95. The van der Waals surface area contributed by atoms with E-state index in [1.165, 1.54) is 19.4 Å². The van der Waals surface area contributed by atoms with Crippen molar-refractivity contribution in [2.24, 2.45) is 5.92 Å². The molecular weight excluding hydrogens is 290 g/mol. The van der Waals surface area contributed by atoms with Gasteiger partial charge in [0.15, 0.2) is 5.78 Å². The van der Waals surface area contributed by atoms with Crippen molar-refractivity contribution in [1.82, 2.24) is 14.8 Å². The summed E-state index contributed by atoms with van der Waals surface area (Å²) in [5.41, 5.74) is 3.25. The maximum absolute atomic E-state index is 12.9. The molecule has 1 aliphatic heterocycles. The summed E-state index contributed by atoms with van der Waals surface area (Å²) < 4.78 is 0. The molecule has 0 atom stereocenters.